The zero-order valence-electron chi connectivity index (χ0n) is 15.1. The highest BCUT2D eigenvalue weighted by atomic mass is 32.2. The van der Waals surface area contributed by atoms with E-state index >= 15 is 0 Å². The fourth-order valence-electron chi connectivity index (χ4n) is 3.43. The third kappa shape index (κ3) is 3.97. The van der Waals surface area contributed by atoms with Crippen molar-refractivity contribution in [3.63, 3.8) is 0 Å². The Bertz CT molecular complexity index is 952. The fraction of sp³-hybridized carbons (Fsp3) is 0.350. The second-order valence-corrected chi connectivity index (χ2v) is 8.49. The number of carbonyl (C=O) groups excluding carboxylic acids is 1. The molecule has 0 bridgehead atoms. The van der Waals surface area contributed by atoms with Crippen LogP contribution in [-0.2, 0) is 22.9 Å². The van der Waals surface area contributed by atoms with Gasteiger partial charge in [0.2, 0.25) is 10.0 Å². The van der Waals surface area contributed by atoms with Gasteiger partial charge >= 0.3 is 0 Å². The zero-order valence-corrected chi connectivity index (χ0v) is 15.9. The molecule has 5 nitrogen and oxygen atoms in total. The first kappa shape index (κ1) is 18.6. The van der Waals surface area contributed by atoms with Gasteiger partial charge < -0.3 is 5.32 Å². The Morgan fingerprint density at radius 3 is 2.46 bits per heavy atom. The van der Waals surface area contributed by atoms with Crippen LogP contribution in [0, 0.1) is 6.92 Å². The predicted molar refractivity (Wildman–Crippen MR) is 102 cm³/mol. The largest absolute Gasteiger partial charge is 0.346 e. The molecule has 0 aromatic heterocycles. The summed E-state index contributed by atoms with van der Waals surface area (Å²) in [6.07, 6.45) is 4.64. The quantitative estimate of drug-likeness (QED) is 0.864. The molecule has 3 rings (SSSR count). The van der Waals surface area contributed by atoms with Gasteiger partial charge in [0.25, 0.3) is 5.91 Å². The van der Waals surface area contributed by atoms with E-state index in [0.717, 1.165) is 18.4 Å². The van der Waals surface area contributed by atoms with Gasteiger partial charge in [-0.25, -0.2) is 13.6 Å². The van der Waals surface area contributed by atoms with Crippen molar-refractivity contribution < 1.29 is 13.2 Å². The van der Waals surface area contributed by atoms with Crippen LogP contribution in [0.25, 0.3) is 0 Å². The number of hydrogen-bond acceptors (Lipinski definition) is 3. The Labute approximate surface area is 154 Å². The van der Waals surface area contributed by atoms with Gasteiger partial charge in [-0.05, 0) is 73.9 Å². The molecule has 0 spiro atoms. The maximum atomic E-state index is 12.6. The molecule has 138 valence electrons. The number of nitrogens with one attached hydrogen (secondary N) is 1. The van der Waals surface area contributed by atoms with Crippen LogP contribution in [0.4, 0.5) is 0 Å². The lowest BCUT2D eigenvalue weighted by atomic mass is 9.89. The first-order valence-corrected chi connectivity index (χ1v) is 10.4. The third-order valence-electron chi connectivity index (χ3n) is 4.98. The summed E-state index contributed by atoms with van der Waals surface area (Å²) < 4.78 is 23.3. The summed E-state index contributed by atoms with van der Waals surface area (Å²) >= 11 is 0. The molecule has 1 aliphatic carbocycles. The molecule has 0 saturated carbocycles. The van der Waals surface area contributed by atoms with Gasteiger partial charge in [0.1, 0.15) is 0 Å². The second kappa shape index (κ2) is 7.21. The predicted octanol–water partition coefficient (Wildman–Crippen LogP) is 3.01. The van der Waals surface area contributed by atoms with Crippen molar-refractivity contribution in [2.45, 2.75) is 50.5 Å². The van der Waals surface area contributed by atoms with Gasteiger partial charge in [-0.2, -0.15) is 0 Å². The molecule has 1 amide bonds. The molecule has 3 N–H and O–H groups in total. The highest BCUT2D eigenvalue weighted by Gasteiger charge is 2.18. The summed E-state index contributed by atoms with van der Waals surface area (Å²) in [5.74, 6) is -0.319. The molecule has 0 aliphatic heterocycles. The van der Waals surface area contributed by atoms with Crippen molar-refractivity contribution >= 4 is 15.9 Å². The maximum Gasteiger partial charge on any atom is 0.251 e. The van der Waals surface area contributed by atoms with Crippen molar-refractivity contribution in [2.75, 3.05) is 0 Å². The van der Waals surface area contributed by atoms with Crippen LogP contribution in [0.5, 0.6) is 0 Å². The molecular weight excluding hydrogens is 348 g/mol. The van der Waals surface area contributed by atoms with Crippen LogP contribution in [-0.4, -0.2) is 14.3 Å². The van der Waals surface area contributed by atoms with E-state index in [-0.39, 0.29) is 22.4 Å². The average Bonchev–Trinajstić information content (AvgIpc) is 2.60. The van der Waals surface area contributed by atoms with Gasteiger partial charge in [-0.15, -0.1) is 0 Å². The monoisotopic (exact) mass is 372 g/mol. The lowest BCUT2D eigenvalue weighted by Gasteiger charge is -2.20. The van der Waals surface area contributed by atoms with E-state index in [1.165, 1.54) is 30.0 Å². The van der Waals surface area contributed by atoms with E-state index in [0.29, 0.717) is 5.56 Å². The van der Waals surface area contributed by atoms with Crippen molar-refractivity contribution in [3.8, 4) is 0 Å². The summed E-state index contributed by atoms with van der Waals surface area (Å²) in [4.78, 5) is 12.5. The Hall–Kier alpha value is -2.18. The first-order chi connectivity index (χ1) is 12.3. The van der Waals surface area contributed by atoms with Crippen LogP contribution in [0.15, 0.2) is 41.3 Å². The van der Waals surface area contributed by atoms with Crippen molar-refractivity contribution in [1.82, 2.24) is 5.32 Å². The lowest BCUT2D eigenvalue weighted by molar-refractivity contribution is 0.0939. The Morgan fingerprint density at radius 1 is 1.08 bits per heavy atom. The third-order valence-corrected chi connectivity index (χ3v) is 6.03. The van der Waals surface area contributed by atoms with E-state index in [9.17, 15) is 13.2 Å². The highest BCUT2D eigenvalue weighted by Crippen LogP contribution is 2.25. The Morgan fingerprint density at radius 2 is 1.77 bits per heavy atom. The van der Waals surface area contributed by atoms with Crippen molar-refractivity contribution in [3.05, 3.63) is 64.2 Å². The van der Waals surface area contributed by atoms with Gasteiger partial charge in [0.15, 0.2) is 0 Å². The van der Waals surface area contributed by atoms with Crippen molar-refractivity contribution in [1.29, 1.82) is 0 Å². The van der Waals surface area contributed by atoms with Gasteiger partial charge in [-0.1, -0.05) is 24.3 Å². The molecule has 2 aromatic rings. The number of benzene rings is 2. The minimum absolute atomic E-state index is 0.0217. The van der Waals surface area contributed by atoms with Crippen LogP contribution < -0.4 is 10.5 Å². The van der Waals surface area contributed by atoms with Gasteiger partial charge in [0.05, 0.1) is 10.9 Å². The van der Waals surface area contributed by atoms with E-state index in [1.807, 2.05) is 6.92 Å². The van der Waals surface area contributed by atoms with Crippen LogP contribution in [0.2, 0.25) is 0 Å². The first-order valence-electron chi connectivity index (χ1n) is 8.82. The number of carbonyl (C=O) groups is 1. The summed E-state index contributed by atoms with van der Waals surface area (Å²) in [6.45, 7) is 3.58. The standard InChI is InChI=1S/C20H24N2O3S/c1-13-7-8-18(12-19(13)26(21,24)25)20(23)22-14(2)16-10-9-15-5-3-4-6-17(15)11-16/h7-12,14H,3-6H2,1-2H3,(H,22,23)(H2,21,24,25)/t14-/m0/s1. The molecule has 0 saturated heterocycles. The Balaban J connectivity index is 1.80. The lowest BCUT2D eigenvalue weighted by Crippen LogP contribution is -2.27. The second-order valence-electron chi connectivity index (χ2n) is 6.96. The molecule has 2 aromatic carbocycles. The maximum absolute atomic E-state index is 12.6. The highest BCUT2D eigenvalue weighted by molar-refractivity contribution is 7.89. The Kier molecular flexibility index (Phi) is 5.16. The smallest absolute Gasteiger partial charge is 0.251 e. The SMILES string of the molecule is Cc1ccc(C(=O)N[C@@H](C)c2ccc3c(c2)CCCC3)cc1S(N)(=O)=O. The number of aryl methyl sites for hydroxylation is 3. The number of rotatable bonds is 4. The van der Waals surface area contributed by atoms with E-state index in [4.69, 9.17) is 5.14 Å². The number of primary sulfonamides is 1. The molecule has 0 unspecified atom stereocenters. The molecule has 1 aliphatic rings. The molecule has 26 heavy (non-hydrogen) atoms. The van der Waals surface area contributed by atoms with Gasteiger partial charge in [0, 0.05) is 5.56 Å². The van der Waals surface area contributed by atoms with Crippen molar-refractivity contribution in [2.24, 2.45) is 5.14 Å². The number of fused-ring (bicyclic) bond motifs is 1. The summed E-state index contributed by atoms with van der Waals surface area (Å²) in [6, 6.07) is 10.7. The van der Waals surface area contributed by atoms with Crippen LogP contribution in [0.3, 0.4) is 0 Å². The van der Waals surface area contributed by atoms with Gasteiger partial charge in [-0.3, -0.25) is 4.79 Å². The molecule has 0 fully saturated rings. The molecule has 0 radical (unpaired) electrons. The fourth-order valence-corrected chi connectivity index (χ4v) is 4.24. The molecule has 1 atom stereocenters. The number of sulfonamides is 1. The average molecular weight is 372 g/mol. The topological polar surface area (TPSA) is 89.3 Å². The van der Waals surface area contributed by atoms with E-state index < -0.39 is 10.0 Å². The number of amides is 1. The molecular formula is C20H24N2O3S. The summed E-state index contributed by atoms with van der Waals surface area (Å²) in [5.41, 5.74) is 4.62. The minimum atomic E-state index is -3.86. The minimum Gasteiger partial charge on any atom is -0.346 e. The number of hydrogen-bond donors (Lipinski definition) is 2. The summed E-state index contributed by atoms with van der Waals surface area (Å²) in [7, 11) is -3.86. The zero-order chi connectivity index (χ0) is 18.9. The summed E-state index contributed by atoms with van der Waals surface area (Å²) in [5, 5.41) is 8.17. The van der Waals surface area contributed by atoms with E-state index in [2.05, 4.69) is 23.5 Å². The number of nitrogens with two attached hydrogens (primary N) is 1. The molecule has 6 heteroatoms. The molecule has 0 heterocycles. The van der Waals surface area contributed by atoms with Crippen LogP contribution in [0.1, 0.15) is 58.4 Å². The van der Waals surface area contributed by atoms with Crippen LogP contribution >= 0.6 is 0 Å². The normalized spacial score (nSPS) is 15.2. The van der Waals surface area contributed by atoms with E-state index in [1.54, 1.807) is 19.1 Å².